The number of hydrogen-bond donors (Lipinski definition) is 3. The molecule has 1 atom stereocenters. The van der Waals surface area contributed by atoms with Crippen LogP contribution in [0.2, 0.25) is 0 Å². The first-order valence-corrected chi connectivity index (χ1v) is 10.9. The number of nitrogens with one attached hydrogen (secondary N) is 3. The minimum atomic E-state index is -0.615. The van der Waals surface area contributed by atoms with Crippen LogP contribution < -0.4 is 15.5 Å². The van der Waals surface area contributed by atoms with Crippen molar-refractivity contribution >= 4 is 34.2 Å². The first-order valence-electron chi connectivity index (χ1n) is 10.9. The molecule has 0 spiro atoms. The summed E-state index contributed by atoms with van der Waals surface area (Å²) in [6.45, 7) is 4.15. The second-order valence-electron chi connectivity index (χ2n) is 7.93. The zero-order chi connectivity index (χ0) is 21.6. The van der Waals surface area contributed by atoms with E-state index in [0.29, 0.717) is 23.0 Å². The number of unbranched alkanes of at least 4 members (excludes halogenated alkanes) is 1. The summed E-state index contributed by atoms with van der Waals surface area (Å²) in [5.74, 6) is -0.505. The van der Waals surface area contributed by atoms with Crippen LogP contribution in [-0.4, -0.2) is 46.4 Å². The number of carbonyl (C=O) groups excluding carboxylic acids is 2. The summed E-state index contributed by atoms with van der Waals surface area (Å²) in [4.78, 5) is 28.2. The normalized spacial score (nSPS) is 14.5. The summed E-state index contributed by atoms with van der Waals surface area (Å²) in [5.41, 5.74) is 3.61. The third-order valence-corrected chi connectivity index (χ3v) is 5.63. The van der Waals surface area contributed by atoms with Gasteiger partial charge in [-0.2, -0.15) is 15.4 Å². The van der Waals surface area contributed by atoms with Gasteiger partial charge < -0.3 is 15.5 Å². The maximum atomic E-state index is 13.0. The second kappa shape index (κ2) is 9.59. The van der Waals surface area contributed by atoms with Gasteiger partial charge in [0, 0.05) is 30.0 Å². The van der Waals surface area contributed by atoms with Crippen LogP contribution >= 0.6 is 0 Å². The summed E-state index contributed by atoms with van der Waals surface area (Å²) >= 11 is 0. The molecule has 0 bridgehead atoms. The monoisotopic (exact) mass is 420 g/mol. The zero-order valence-corrected chi connectivity index (χ0v) is 17.7. The first-order chi connectivity index (χ1) is 15.1. The number of anilines is 2. The molecule has 0 saturated carbocycles. The van der Waals surface area contributed by atoms with Gasteiger partial charge in [0.25, 0.3) is 5.91 Å². The summed E-state index contributed by atoms with van der Waals surface area (Å²) < 4.78 is 0. The molecule has 0 aliphatic carbocycles. The molecular weight excluding hydrogens is 392 g/mol. The SMILES string of the molecule is CCCCC(NC(=O)c1ccc2n[nH]nc2c1)C(=O)Nc1cccc(N2CCCC2)c1. The Hall–Kier alpha value is -3.42. The van der Waals surface area contributed by atoms with E-state index >= 15 is 0 Å². The van der Waals surface area contributed by atoms with Gasteiger partial charge in [-0.15, -0.1) is 0 Å². The lowest BCUT2D eigenvalue weighted by atomic mass is 10.1. The topological polar surface area (TPSA) is 103 Å². The van der Waals surface area contributed by atoms with E-state index < -0.39 is 6.04 Å². The molecule has 1 unspecified atom stereocenters. The standard InChI is InChI=1S/C23H28N6O2/c1-2-3-9-20(25-22(30)16-10-11-19-21(14-16)27-28-26-19)23(31)24-17-7-6-8-18(15-17)29-12-4-5-13-29/h6-8,10-11,14-15,20H,2-5,9,12-13H2,1H3,(H,24,31)(H,25,30)(H,26,27,28). The zero-order valence-electron chi connectivity index (χ0n) is 17.7. The minimum Gasteiger partial charge on any atom is -0.371 e. The lowest BCUT2D eigenvalue weighted by molar-refractivity contribution is -0.118. The molecule has 0 radical (unpaired) electrons. The highest BCUT2D eigenvalue weighted by molar-refractivity contribution is 6.02. The van der Waals surface area contributed by atoms with Crippen LogP contribution in [0.3, 0.4) is 0 Å². The lowest BCUT2D eigenvalue weighted by Crippen LogP contribution is -2.43. The van der Waals surface area contributed by atoms with Crippen molar-refractivity contribution in [2.75, 3.05) is 23.3 Å². The van der Waals surface area contributed by atoms with Crippen molar-refractivity contribution in [2.24, 2.45) is 0 Å². The molecule has 1 fully saturated rings. The van der Waals surface area contributed by atoms with Crippen LogP contribution in [0.5, 0.6) is 0 Å². The molecule has 2 aromatic carbocycles. The number of aromatic nitrogens is 3. The van der Waals surface area contributed by atoms with Crippen molar-refractivity contribution in [3.63, 3.8) is 0 Å². The number of nitrogens with zero attached hydrogens (tertiary/aromatic N) is 3. The fourth-order valence-electron chi connectivity index (χ4n) is 3.89. The number of hydrogen-bond acceptors (Lipinski definition) is 5. The number of carbonyl (C=O) groups is 2. The van der Waals surface area contributed by atoms with E-state index in [9.17, 15) is 9.59 Å². The maximum absolute atomic E-state index is 13.0. The van der Waals surface area contributed by atoms with E-state index in [4.69, 9.17) is 0 Å². The van der Waals surface area contributed by atoms with Gasteiger partial charge in [-0.25, -0.2) is 0 Å². The minimum absolute atomic E-state index is 0.206. The van der Waals surface area contributed by atoms with E-state index in [1.165, 1.54) is 12.8 Å². The quantitative estimate of drug-likeness (QED) is 0.518. The van der Waals surface area contributed by atoms with E-state index in [0.717, 1.165) is 37.3 Å². The smallest absolute Gasteiger partial charge is 0.252 e. The lowest BCUT2D eigenvalue weighted by Gasteiger charge is -2.21. The summed E-state index contributed by atoms with van der Waals surface area (Å²) in [5, 5.41) is 16.4. The van der Waals surface area contributed by atoms with E-state index in [1.807, 2.05) is 18.2 Å². The molecule has 1 aromatic heterocycles. The number of H-pyrrole nitrogens is 1. The molecule has 162 valence electrons. The van der Waals surface area contributed by atoms with Crippen molar-refractivity contribution in [3.05, 3.63) is 48.0 Å². The van der Waals surface area contributed by atoms with Crippen molar-refractivity contribution in [1.82, 2.24) is 20.7 Å². The number of fused-ring (bicyclic) bond motifs is 1. The van der Waals surface area contributed by atoms with Crippen LogP contribution in [-0.2, 0) is 4.79 Å². The second-order valence-corrected chi connectivity index (χ2v) is 7.93. The predicted molar refractivity (Wildman–Crippen MR) is 121 cm³/mol. The Morgan fingerprint density at radius 3 is 2.71 bits per heavy atom. The van der Waals surface area contributed by atoms with Crippen LogP contribution in [0.4, 0.5) is 11.4 Å². The fourth-order valence-corrected chi connectivity index (χ4v) is 3.89. The third-order valence-electron chi connectivity index (χ3n) is 5.63. The van der Waals surface area contributed by atoms with Crippen molar-refractivity contribution in [1.29, 1.82) is 0 Å². The van der Waals surface area contributed by atoms with E-state index in [-0.39, 0.29) is 11.8 Å². The highest BCUT2D eigenvalue weighted by atomic mass is 16.2. The van der Waals surface area contributed by atoms with Gasteiger partial charge in [0.05, 0.1) is 0 Å². The van der Waals surface area contributed by atoms with Crippen molar-refractivity contribution in [2.45, 2.75) is 45.1 Å². The fraction of sp³-hybridized carbons (Fsp3) is 0.391. The Bertz CT molecular complexity index is 1060. The highest BCUT2D eigenvalue weighted by Gasteiger charge is 2.22. The number of amides is 2. The number of aromatic amines is 1. The average molecular weight is 421 g/mol. The van der Waals surface area contributed by atoms with Gasteiger partial charge in [0.2, 0.25) is 5.91 Å². The van der Waals surface area contributed by atoms with Gasteiger partial charge in [-0.3, -0.25) is 9.59 Å². The maximum Gasteiger partial charge on any atom is 0.252 e. The molecule has 8 heteroatoms. The summed E-state index contributed by atoms with van der Waals surface area (Å²) in [6, 6.07) is 12.4. The van der Waals surface area contributed by atoms with Crippen LogP contribution in [0, 0.1) is 0 Å². The molecule has 3 aromatic rings. The molecule has 1 saturated heterocycles. The largest absolute Gasteiger partial charge is 0.371 e. The van der Waals surface area contributed by atoms with Crippen molar-refractivity contribution in [3.8, 4) is 0 Å². The molecule has 3 N–H and O–H groups in total. The molecule has 31 heavy (non-hydrogen) atoms. The Morgan fingerprint density at radius 1 is 1.10 bits per heavy atom. The van der Waals surface area contributed by atoms with Gasteiger partial charge >= 0.3 is 0 Å². The van der Waals surface area contributed by atoms with Crippen LogP contribution in [0.25, 0.3) is 11.0 Å². The van der Waals surface area contributed by atoms with Crippen molar-refractivity contribution < 1.29 is 9.59 Å². The Balaban J connectivity index is 1.45. The summed E-state index contributed by atoms with van der Waals surface area (Å²) in [7, 11) is 0. The molecule has 4 rings (SSSR count). The molecule has 2 heterocycles. The Kier molecular flexibility index (Phi) is 6.45. The predicted octanol–water partition coefficient (Wildman–Crippen LogP) is 3.49. The molecule has 1 aliphatic heterocycles. The molecule has 1 aliphatic rings. The Labute approximate surface area is 181 Å². The molecule has 8 nitrogen and oxygen atoms in total. The highest BCUT2D eigenvalue weighted by Crippen LogP contribution is 2.23. The summed E-state index contributed by atoms with van der Waals surface area (Å²) in [6.07, 6.45) is 4.75. The molecule has 2 amide bonds. The van der Waals surface area contributed by atoms with Crippen LogP contribution in [0.15, 0.2) is 42.5 Å². The first kappa shape index (κ1) is 20.8. The average Bonchev–Trinajstić information content (AvgIpc) is 3.48. The van der Waals surface area contributed by atoms with Crippen LogP contribution in [0.1, 0.15) is 49.4 Å². The van der Waals surface area contributed by atoms with Gasteiger partial charge in [-0.05, 0) is 55.7 Å². The molecular formula is C23H28N6O2. The third kappa shape index (κ3) is 5.02. The van der Waals surface area contributed by atoms with Gasteiger partial charge in [0.1, 0.15) is 17.1 Å². The number of benzene rings is 2. The Morgan fingerprint density at radius 2 is 1.90 bits per heavy atom. The van der Waals surface area contributed by atoms with Gasteiger partial charge in [0.15, 0.2) is 0 Å². The number of rotatable bonds is 8. The van der Waals surface area contributed by atoms with E-state index in [1.54, 1.807) is 18.2 Å². The van der Waals surface area contributed by atoms with Gasteiger partial charge in [-0.1, -0.05) is 25.8 Å². The van der Waals surface area contributed by atoms with E-state index in [2.05, 4.69) is 43.9 Å².